The largest absolute Gasteiger partial charge is 0.461 e. The second-order valence-electron chi connectivity index (χ2n) is 6.65. The second kappa shape index (κ2) is 9.12. The number of halogens is 20. The van der Waals surface area contributed by atoms with Crippen LogP contribution in [0.25, 0.3) is 0 Å². The van der Waals surface area contributed by atoms with Crippen LogP contribution in [0.3, 0.4) is 0 Å². The topological polar surface area (TPSA) is 26.3 Å². The lowest BCUT2D eigenvalue weighted by Gasteiger charge is -2.44. The lowest BCUT2D eigenvalue weighted by molar-refractivity contribution is -0.463. The van der Waals surface area contributed by atoms with Crippen LogP contribution in [0.4, 0.5) is 87.8 Å². The van der Waals surface area contributed by atoms with Crippen molar-refractivity contribution in [2.75, 3.05) is 6.61 Å². The molecule has 0 aliphatic carbocycles. The number of alkyl halides is 20. The molecule has 22 heteroatoms. The van der Waals surface area contributed by atoms with Gasteiger partial charge in [-0.3, -0.25) is 0 Å². The zero-order valence-corrected chi connectivity index (χ0v) is 16.4. The van der Waals surface area contributed by atoms with Crippen LogP contribution in [0, 0.1) is 0 Å². The Morgan fingerprint density at radius 1 is 0.556 bits per heavy atom. The first-order valence-corrected chi connectivity index (χ1v) is 8.28. The molecule has 0 aliphatic rings. The van der Waals surface area contributed by atoms with Crippen molar-refractivity contribution < 1.29 is 97.3 Å². The third-order valence-corrected chi connectivity index (χ3v) is 4.15. The van der Waals surface area contributed by atoms with Gasteiger partial charge in [-0.2, -0.15) is 79.0 Å². The number of hydrogen-bond donors (Lipinski definition) is 0. The average molecular weight is 588 g/mol. The average Bonchev–Trinajstić information content (AvgIpc) is 2.70. The minimum atomic E-state index is -9.11. The Morgan fingerprint density at radius 2 is 0.833 bits per heavy atom. The van der Waals surface area contributed by atoms with Crippen molar-refractivity contribution in [3.05, 3.63) is 0 Å². The van der Waals surface area contributed by atoms with E-state index in [9.17, 15) is 92.6 Å². The highest BCUT2D eigenvalue weighted by Crippen LogP contribution is 2.65. The normalized spacial score (nSPS) is 15.9. The SMILES string of the molecule is CCCOC(=O)C(F)(F)C(F)(F)C(F)(F)C(F)(F)C(F)(F)C(F)(F)C(F)(F)C(F)(F)C(F)(F)C(F)F. The van der Waals surface area contributed by atoms with Crippen molar-refractivity contribution in [2.45, 2.75) is 73.1 Å². The molecule has 0 fully saturated rings. The van der Waals surface area contributed by atoms with Crippen molar-refractivity contribution in [3.63, 3.8) is 0 Å². The summed E-state index contributed by atoms with van der Waals surface area (Å²) in [5.74, 6) is -80.5. The molecule has 0 atom stereocenters. The van der Waals surface area contributed by atoms with E-state index in [2.05, 4.69) is 4.74 Å². The Balaban J connectivity index is 6.95. The molecule has 0 rings (SSSR count). The van der Waals surface area contributed by atoms with Gasteiger partial charge in [0.25, 0.3) is 0 Å². The highest BCUT2D eigenvalue weighted by molar-refractivity contribution is 5.79. The third kappa shape index (κ3) is 4.18. The van der Waals surface area contributed by atoms with Crippen molar-refractivity contribution >= 4 is 5.97 Å². The molecule has 2 nitrogen and oxygen atoms in total. The van der Waals surface area contributed by atoms with E-state index in [4.69, 9.17) is 0 Å². The van der Waals surface area contributed by atoms with Gasteiger partial charge in [-0.15, -0.1) is 0 Å². The number of ether oxygens (including phenoxy) is 1. The Kier molecular flexibility index (Phi) is 8.63. The van der Waals surface area contributed by atoms with Gasteiger partial charge in [-0.05, 0) is 6.42 Å². The molecular formula is C14H8F20O2. The molecule has 0 unspecified atom stereocenters. The monoisotopic (exact) mass is 588 g/mol. The summed E-state index contributed by atoms with van der Waals surface area (Å²) in [6.07, 6.45) is -6.68. The van der Waals surface area contributed by atoms with Crippen LogP contribution in [0.5, 0.6) is 0 Å². The molecule has 0 amide bonds. The van der Waals surface area contributed by atoms with Gasteiger partial charge in [0.2, 0.25) is 0 Å². The minimum Gasteiger partial charge on any atom is -0.461 e. The molecule has 36 heavy (non-hydrogen) atoms. The molecule has 0 spiro atoms. The lowest BCUT2D eigenvalue weighted by atomic mass is 9.86. The highest BCUT2D eigenvalue weighted by atomic mass is 19.4. The van der Waals surface area contributed by atoms with Crippen LogP contribution >= 0.6 is 0 Å². The maximum Gasteiger partial charge on any atom is 0.410 e. The van der Waals surface area contributed by atoms with Crippen molar-refractivity contribution in [1.82, 2.24) is 0 Å². The van der Waals surface area contributed by atoms with Crippen LogP contribution in [0.15, 0.2) is 0 Å². The third-order valence-electron chi connectivity index (χ3n) is 4.15. The Labute approximate surface area is 184 Å². The van der Waals surface area contributed by atoms with Gasteiger partial charge in [0.1, 0.15) is 0 Å². The minimum absolute atomic E-state index is 0.559. The summed E-state index contributed by atoms with van der Waals surface area (Å²) in [5, 5.41) is 0. The molecule has 0 aromatic carbocycles. The van der Waals surface area contributed by atoms with Gasteiger partial charge < -0.3 is 4.74 Å². The first-order chi connectivity index (χ1) is 15.4. The molecule has 0 radical (unpaired) electrons. The van der Waals surface area contributed by atoms with Crippen LogP contribution in [-0.2, 0) is 9.53 Å². The first-order valence-electron chi connectivity index (χ1n) is 8.28. The summed E-state index contributed by atoms with van der Waals surface area (Å²) < 4.78 is 267. The highest BCUT2D eigenvalue weighted by Gasteiger charge is 2.97. The molecule has 216 valence electrons. The van der Waals surface area contributed by atoms with Crippen LogP contribution in [0.2, 0.25) is 0 Å². The Morgan fingerprint density at radius 3 is 1.11 bits per heavy atom. The molecular weight excluding hydrogens is 580 g/mol. The van der Waals surface area contributed by atoms with E-state index in [1.165, 1.54) is 0 Å². The van der Waals surface area contributed by atoms with Gasteiger partial charge >= 0.3 is 65.7 Å². The zero-order valence-electron chi connectivity index (χ0n) is 16.4. The molecule has 0 saturated carbocycles. The lowest BCUT2D eigenvalue weighted by Crippen LogP contribution is -2.76. The van der Waals surface area contributed by atoms with E-state index in [0.717, 1.165) is 6.92 Å². The quantitative estimate of drug-likeness (QED) is 0.183. The van der Waals surface area contributed by atoms with E-state index in [-0.39, 0.29) is 0 Å². The molecule has 0 N–H and O–H groups in total. The zero-order chi connectivity index (χ0) is 29.8. The second-order valence-corrected chi connectivity index (χ2v) is 6.65. The number of carbonyl (C=O) groups excluding carboxylic acids is 1. The summed E-state index contributed by atoms with van der Waals surface area (Å²) in [6.45, 7) is -0.414. The number of carbonyl (C=O) groups is 1. The van der Waals surface area contributed by atoms with E-state index in [0.29, 0.717) is 0 Å². The fourth-order valence-corrected chi connectivity index (χ4v) is 1.94. The molecule has 0 aliphatic heterocycles. The molecule has 0 aromatic heterocycles. The van der Waals surface area contributed by atoms with Gasteiger partial charge in [-0.25, -0.2) is 13.6 Å². The summed E-state index contributed by atoms with van der Waals surface area (Å²) >= 11 is 0. The summed E-state index contributed by atoms with van der Waals surface area (Å²) in [4.78, 5) is 10.8. The van der Waals surface area contributed by atoms with Gasteiger partial charge in [0.15, 0.2) is 0 Å². The fraction of sp³-hybridized carbons (Fsp3) is 0.929. The summed E-state index contributed by atoms with van der Waals surface area (Å²) in [7, 11) is 0. The molecule has 0 saturated heterocycles. The van der Waals surface area contributed by atoms with Crippen LogP contribution < -0.4 is 0 Å². The van der Waals surface area contributed by atoms with E-state index in [1.54, 1.807) is 0 Å². The van der Waals surface area contributed by atoms with E-state index in [1.807, 2.05) is 0 Å². The van der Waals surface area contributed by atoms with Gasteiger partial charge in [-0.1, -0.05) is 6.92 Å². The fourth-order valence-electron chi connectivity index (χ4n) is 1.94. The number of hydrogen-bond acceptors (Lipinski definition) is 2. The smallest absolute Gasteiger partial charge is 0.410 e. The first kappa shape index (κ1) is 34.1. The number of esters is 1. The predicted molar refractivity (Wildman–Crippen MR) is 71.8 cm³/mol. The van der Waals surface area contributed by atoms with Crippen molar-refractivity contribution in [1.29, 1.82) is 0 Å². The molecule has 0 bridgehead atoms. The standard InChI is InChI=1S/C14H8F20O2/c1-2-3-36-5(35)7(19,20)9(23,24)11(27,28)13(31,32)14(33,34)12(29,30)10(25,26)8(21,22)6(17,18)4(15)16/h4H,2-3H2,1H3. The van der Waals surface area contributed by atoms with Crippen LogP contribution in [0.1, 0.15) is 13.3 Å². The summed E-state index contributed by atoms with van der Waals surface area (Å²) in [5.41, 5.74) is 0. The van der Waals surface area contributed by atoms with E-state index >= 15 is 0 Å². The van der Waals surface area contributed by atoms with Crippen molar-refractivity contribution in [2.24, 2.45) is 0 Å². The van der Waals surface area contributed by atoms with Crippen LogP contribution in [-0.4, -0.2) is 72.3 Å². The van der Waals surface area contributed by atoms with Gasteiger partial charge in [0, 0.05) is 0 Å². The Bertz CT molecular complexity index is 800. The van der Waals surface area contributed by atoms with Gasteiger partial charge in [0.05, 0.1) is 6.61 Å². The predicted octanol–water partition coefficient (Wildman–Crippen LogP) is 6.92. The molecule has 0 aromatic rings. The summed E-state index contributed by atoms with van der Waals surface area (Å²) in [6, 6.07) is 0. The maximum atomic E-state index is 13.5. The molecule has 0 heterocycles. The maximum absolute atomic E-state index is 13.5. The Hall–Kier alpha value is -1.93. The number of rotatable bonds is 12. The van der Waals surface area contributed by atoms with Crippen molar-refractivity contribution in [3.8, 4) is 0 Å². The van der Waals surface area contributed by atoms with E-state index < -0.39 is 78.7 Å².